The highest BCUT2D eigenvalue weighted by Gasteiger charge is 2.44. The molecule has 2 aromatic carbocycles. The molecule has 0 spiro atoms. The number of nitrogens with zero attached hydrogens (tertiary/aromatic N) is 1. The molecule has 6 heteroatoms. The van der Waals surface area contributed by atoms with Crippen molar-refractivity contribution in [3.63, 3.8) is 0 Å². The lowest BCUT2D eigenvalue weighted by atomic mass is 9.87. The maximum atomic E-state index is 13.2. The van der Waals surface area contributed by atoms with Crippen LogP contribution in [0.4, 0.5) is 0 Å². The minimum absolute atomic E-state index is 0.164. The molecule has 1 unspecified atom stereocenters. The molecule has 4 rings (SSSR count). The van der Waals surface area contributed by atoms with Crippen LogP contribution in [0.15, 0.2) is 70.4 Å². The molecule has 0 saturated carbocycles. The van der Waals surface area contributed by atoms with Gasteiger partial charge in [-0.25, -0.2) is 13.4 Å². The molecule has 0 amide bonds. The molecule has 1 N–H and O–H groups in total. The van der Waals surface area contributed by atoms with Gasteiger partial charge in [-0.15, -0.1) is 0 Å². The van der Waals surface area contributed by atoms with Gasteiger partial charge in [-0.3, -0.25) is 4.79 Å². The van der Waals surface area contributed by atoms with Gasteiger partial charge in [0, 0.05) is 11.1 Å². The fourth-order valence-electron chi connectivity index (χ4n) is 3.62. The van der Waals surface area contributed by atoms with E-state index >= 15 is 0 Å². The molecule has 1 heterocycles. The Labute approximate surface area is 158 Å². The Morgan fingerprint density at radius 2 is 1.63 bits per heavy atom. The summed E-state index contributed by atoms with van der Waals surface area (Å²) in [6.45, 7) is 1.73. The Kier molecular flexibility index (Phi) is 4.23. The summed E-state index contributed by atoms with van der Waals surface area (Å²) in [5, 5.41) is 0. The van der Waals surface area contributed by atoms with E-state index < -0.39 is 14.6 Å². The van der Waals surface area contributed by atoms with E-state index in [1.807, 2.05) is 30.3 Å². The lowest BCUT2D eigenvalue weighted by Crippen LogP contribution is -2.43. The van der Waals surface area contributed by atoms with E-state index in [0.717, 1.165) is 5.56 Å². The Morgan fingerprint density at radius 1 is 1.00 bits per heavy atom. The first-order valence-corrected chi connectivity index (χ1v) is 10.4. The highest BCUT2D eigenvalue weighted by Crippen LogP contribution is 2.36. The lowest BCUT2D eigenvalue weighted by Gasteiger charge is -2.33. The van der Waals surface area contributed by atoms with Crippen LogP contribution in [0.25, 0.3) is 11.4 Å². The van der Waals surface area contributed by atoms with Gasteiger partial charge in [0.25, 0.3) is 5.56 Å². The highest BCUT2D eigenvalue weighted by molar-refractivity contribution is 7.92. The van der Waals surface area contributed by atoms with E-state index in [9.17, 15) is 13.2 Å². The van der Waals surface area contributed by atoms with Crippen molar-refractivity contribution in [3.8, 4) is 11.4 Å². The molecule has 0 fully saturated rings. The van der Waals surface area contributed by atoms with E-state index in [2.05, 4.69) is 9.97 Å². The molecule has 0 aliphatic heterocycles. The Morgan fingerprint density at radius 3 is 2.30 bits per heavy atom. The van der Waals surface area contributed by atoms with Crippen molar-refractivity contribution >= 4 is 9.84 Å². The molecular weight excluding hydrogens is 360 g/mol. The fraction of sp³-hybridized carbons (Fsp3) is 0.238. The van der Waals surface area contributed by atoms with Crippen molar-refractivity contribution in [3.05, 3.63) is 82.3 Å². The van der Waals surface area contributed by atoms with E-state index in [-0.39, 0.29) is 12.0 Å². The largest absolute Gasteiger partial charge is 0.306 e. The summed E-state index contributed by atoms with van der Waals surface area (Å²) in [4.78, 5) is 20.4. The third-order valence-corrected chi connectivity index (χ3v) is 7.83. The van der Waals surface area contributed by atoms with E-state index in [4.69, 9.17) is 0 Å². The molecule has 138 valence electrons. The summed E-state index contributed by atoms with van der Waals surface area (Å²) in [6.07, 6.45) is 1.06. The minimum atomic E-state index is -3.56. The summed E-state index contributed by atoms with van der Waals surface area (Å²) < 4.78 is 25.3. The zero-order chi connectivity index (χ0) is 19.1. The number of aryl methyl sites for hydroxylation is 1. The number of sulfone groups is 1. The predicted molar refractivity (Wildman–Crippen MR) is 104 cm³/mol. The van der Waals surface area contributed by atoms with Crippen LogP contribution in [0.1, 0.15) is 24.6 Å². The van der Waals surface area contributed by atoms with Crippen LogP contribution in [0.2, 0.25) is 0 Å². The second-order valence-corrected chi connectivity index (χ2v) is 9.61. The van der Waals surface area contributed by atoms with E-state index in [0.29, 0.717) is 34.8 Å². The maximum absolute atomic E-state index is 13.2. The Balaban J connectivity index is 1.75. The molecule has 1 aromatic heterocycles. The first-order chi connectivity index (χ1) is 12.9. The number of H-pyrrole nitrogens is 1. The molecule has 1 aliphatic rings. The van der Waals surface area contributed by atoms with Crippen LogP contribution in [-0.2, 0) is 22.7 Å². The Bertz CT molecular complexity index is 1140. The second kappa shape index (κ2) is 6.46. The zero-order valence-corrected chi connectivity index (χ0v) is 15.8. The number of aromatic nitrogens is 2. The molecule has 0 saturated heterocycles. The topological polar surface area (TPSA) is 79.9 Å². The minimum Gasteiger partial charge on any atom is -0.306 e. The van der Waals surface area contributed by atoms with Crippen molar-refractivity contribution in [2.45, 2.75) is 35.8 Å². The molecular formula is C21H20N2O3S. The number of hydrogen-bond donors (Lipinski definition) is 1. The second-order valence-electron chi connectivity index (χ2n) is 7.15. The van der Waals surface area contributed by atoms with E-state index in [1.165, 1.54) is 0 Å². The number of fused-ring (bicyclic) bond motifs is 1. The molecule has 0 bridgehead atoms. The van der Waals surface area contributed by atoms with Gasteiger partial charge in [0.15, 0.2) is 9.84 Å². The van der Waals surface area contributed by atoms with Gasteiger partial charge < -0.3 is 4.98 Å². The van der Waals surface area contributed by atoms with Gasteiger partial charge in [0.2, 0.25) is 0 Å². The fourth-order valence-corrected chi connectivity index (χ4v) is 5.41. The third kappa shape index (κ3) is 3.00. The lowest BCUT2D eigenvalue weighted by molar-refractivity contribution is 0.477. The van der Waals surface area contributed by atoms with Gasteiger partial charge in [-0.1, -0.05) is 48.5 Å². The standard InChI is InChI=1S/C21H20N2O3S/c1-21(27(25,26)16-10-6-3-7-11-16)13-12-18-17(14-21)20(24)23-19(22-18)15-8-4-2-5-9-15/h2-11H,12-14H2,1H3,(H,22,23,24). The third-order valence-electron chi connectivity index (χ3n) is 5.29. The van der Waals surface area contributed by atoms with Crippen LogP contribution < -0.4 is 5.56 Å². The van der Waals surface area contributed by atoms with Crippen molar-refractivity contribution in [2.75, 3.05) is 0 Å². The van der Waals surface area contributed by atoms with E-state index in [1.54, 1.807) is 37.3 Å². The average Bonchev–Trinajstić information content (AvgIpc) is 2.69. The number of nitrogens with one attached hydrogen (secondary N) is 1. The number of benzene rings is 2. The summed E-state index contributed by atoms with van der Waals surface area (Å²) in [5.74, 6) is 0.522. The molecule has 27 heavy (non-hydrogen) atoms. The van der Waals surface area contributed by atoms with Gasteiger partial charge in [0.05, 0.1) is 15.3 Å². The monoisotopic (exact) mass is 380 g/mol. The van der Waals surface area contributed by atoms with Gasteiger partial charge in [-0.2, -0.15) is 0 Å². The molecule has 3 aromatic rings. The zero-order valence-electron chi connectivity index (χ0n) is 15.0. The van der Waals surface area contributed by atoms with Gasteiger partial charge in [-0.05, 0) is 38.3 Å². The SMILES string of the molecule is CC1(S(=O)(=O)c2ccccc2)CCc2nc(-c3ccccc3)[nH]c(=O)c2C1. The Hall–Kier alpha value is -2.73. The number of rotatable bonds is 3. The van der Waals surface area contributed by atoms with Crippen LogP contribution >= 0.6 is 0 Å². The summed E-state index contributed by atoms with van der Waals surface area (Å²) in [6, 6.07) is 17.9. The summed E-state index contributed by atoms with van der Waals surface area (Å²) in [7, 11) is -3.56. The molecule has 0 radical (unpaired) electrons. The van der Waals surface area contributed by atoms with Crippen LogP contribution in [-0.4, -0.2) is 23.1 Å². The van der Waals surface area contributed by atoms with Crippen LogP contribution in [0.5, 0.6) is 0 Å². The first-order valence-electron chi connectivity index (χ1n) is 8.88. The first kappa shape index (κ1) is 17.7. The normalized spacial score (nSPS) is 19.4. The number of aromatic amines is 1. The van der Waals surface area contributed by atoms with Crippen molar-refractivity contribution < 1.29 is 8.42 Å². The molecule has 1 atom stereocenters. The van der Waals surface area contributed by atoms with Gasteiger partial charge >= 0.3 is 0 Å². The summed E-state index contributed by atoms with van der Waals surface area (Å²) in [5.41, 5.74) is 1.75. The smallest absolute Gasteiger partial charge is 0.254 e. The maximum Gasteiger partial charge on any atom is 0.254 e. The van der Waals surface area contributed by atoms with Crippen LogP contribution in [0.3, 0.4) is 0 Å². The quantitative estimate of drug-likeness (QED) is 0.757. The molecule has 1 aliphatic carbocycles. The van der Waals surface area contributed by atoms with Gasteiger partial charge in [0.1, 0.15) is 5.82 Å². The van der Waals surface area contributed by atoms with Crippen molar-refractivity contribution in [2.24, 2.45) is 0 Å². The number of hydrogen-bond acceptors (Lipinski definition) is 4. The van der Waals surface area contributed by atoms with Crippen LogP contribution in [0, 0.1) is 0 Å². The van der Waals surface area contributed by atoms with Crippen molar-refractivity contribution in [1.82, 2.24) is 9.97 Å². The average molecular weight is 380 g/mol. The predicted octanol–water partition coefficient (Wildman–Crippen LogP) is 3.16. The highest BCUT2D eigenvalue weighted by atomic mass is 32.2. The molecule has 5 nitrogen and oxygen atoms in total. The van der Waals surface area contributed by atoms with Crippen molar-refractivity contribution in [1.29, 1.82) is 0 Å². The summed E-state index contributed by atoms with van der Waals surface area (Å²) >= 11 is 0.